The van der Waals surface area contributed by atoms with Gasteiger partial charge in [-0.3, -0.25) is 4.79 Å². The number of nitrogens with one attached hydrogen (secondary N) is 1. The SMILES string of the molecule is CC1=C(C(=O)OCC(C)C)[C@H](c2ccccc2Br)C2=C(C[C@@H](c3ccccc3)CC2=O)N1. The van der Waals surface area contributed by atoms with Crippen molar-refractivity contribution in [3.05, 3.63) is 92.7 Å². The molecule has 0 radical (unpaired) electrons. The maximum absolute atomic E-state index is 13.6. The monoisotopic (exact) mass is 493 g/mol. The van der Waals surface area contributed by atoms with E-state index in [9.17, 15) is 9.59 Å². The summed E-state index contributed by atoms with van der Waals surface area (Å²) in [6.07, 6.45) is 1.16. The first-order valence-corrected chi connectivity index (χ1v) is 11.9. The first kappa shape index (κ1) is 22.5. The van der Waals surface area contributed by atoms with Gasteiger partial charge in [-0.15, -0.1) is 0 Å². The van der Waals surface area contributed by atoms with Crippen LogP contribution in [0.4, 0.5) is 0 Å². The fourth-order valence-electron chi connectivity index (χ4n) is 4.61. The molecule has 1 heterocycles. The van der Waals surface area contributed by atoms with E-state index in [0.29, 0.717) is 24.2 Å². The molecule has 0 saturated carbocycles. The standard InChI is InChI=1S/C27H28BrNO3/c1-16(2)15-32-27(31)24-17(3)29-22-13-19(18-9-5-4-6-10-18)14-23(30)26(22)25(24)20-11-7-8-12-21(20)28/h4-12,16,19,25,29H,13-15H2,1-3H3/t19-,25+/m1/s1. The molecule has 166 valence electrons. The molecule has 32 heavy (non-hydrogen) atoms. The highest BCUT2D eigenvalue weighted by Gasteiger charge is 2.42. The lowest BCUT2D eigenvalue weighted by Gasteiger charge is -2.37. The van der Waals surface area contributed by atoms with E-state index in [2.05, 4.69) is 33.4 Å². The van der Waals surface area contributed by atoms with Crippen LogP contribution in [-0.2, 0) is 14.3 Å². The molecule has 0 unspecified atom stereocenters. The van der Waals surface area contributed by atoms with Gasteiger partial charge >= 0.3 is 5.97 Å². The second-order valence-corrected chi connectivity index (χ2v) is 9.80. The molecule has 2 atom stereocenters. The van der Waals surface area contributed by atoms with Gasteiger partial charge in [0.25, 0.3) is 0 Å². The molecule has 4 nitrogen and oxygen atoms in total. The Morgan fingerprint density at radius 1 is 1.09 bits per heavy atom. The van der Waals surface area contributed by atoms with Crippen LogP contribution in [0, 0.1) is 5.92 Å². The highest BCUT2D eigenvalue weighted by atomic mass is 79.9. The van der Waals surface area contributed by atoms with Crippen molar-refractivity contribution in [1.82, 2.24) is 5.32 Å². The average molecular weight is 494 g/mol. The van der Waals surface area contributed by atoms with Crippen LogP contribution >= 0.6 is 15.9 Å². The van der Waals surface area contributed by atoms with Gasteiger partial charge in [0.15, 0.2) is 5.78 Å². The van der Waals surface area contributed by atoms with E-state index in [4.69, 9.17) is 4.74 Å². The number of ether oxygens (including phenoxy) is 1. The third-order valence-electron chi connectivity index (χ3n) is 6.08. The van der Waals surface area contributed by atoms with Crippen LogP contribution in [0.1, 0.15) is 56.6 Å². The second kappa shape index (κ2) is 9.45. The summed E-state index contributed by atoms with van der Waals surface area (Å²) in [7, 11) is 0. The molecule has 1 aliphatic carbocycles. The van der Waals surface area contributed by atoms with Gasteiger partial charge in [0, 0.05) is 33.8 Å². The molecule has 0 spiro atoms. The molecule has 5 heteroatoms. The van der Waals surface area contributed by atoms with Crippen molar-refractivity contribution in [2.45, 2.75) is 45.4 Å². The Morgan fingerprint density at radius 2 is 1.78 bits per heavy atom. The number of halogens is 1. The maximum Gasteiger partial charge on any atom is 0.336 e. The lowest BCUT2D eigenvalue weighted by molar-refractivity contribution is -0.140. The van der Waals surface area contributed by atoms with Gasteiger partial charge in [-0.25, -0.2) is 4.79 Å². The Morgan fingerprint density at radius 3 is 2.47 bits per heavy atom. The van der Waals surface area contributed by atoms with Gasteiger partial charge in [0.1, 0.15) is 0 Å². The quantitative estimate of drug-likeness (QED) is 0.518. The summed E-state index contributed by atoms with van der Waals surface area (Å²) in [5.41, 5.74) is 4.93. The minimum atomic E-state index is -0.453. The molecule has 4 rings (SSSR count). The number of allylic oxidation sites excluding steroid dienone is 3. The summed E-state index contributed by atoms with van der Waals surface area (Å²) in [5, 5.41) is 3.41. The largest absolute Gasteiger partial charge is 0.462 e. The van der Waals surface area contributed by atoms with E-state index in [1.165, 1.54) is 0 Å². The minimum absolute atomic E-state index is 0.0787. The van der Waals surface area contributed by atoms with Crippen LogP contribution in [0.25, 0.3) is 0 Å². The van der Waals surface area contributed by atoms with Crippen LogP contribution in [0.3, 0.4) is 0 Å². The highest BCUT2D eigenvalue weighted by molar-refractivity contribution is 9.10. The van der Waals surface area contributed by atoms with Crippen LogP contribution < -0.4 is 5.32 Å². The Labute approximate surface area is 197 Å². The Kier molecular flexibility index (Phi) is 6.66. The molecule has 2 aromatic carbocycles. The maximum atomic E-state index is 13.6. The summed E-state index contributed by atoms with van der Waals surface area (Å²) in [4.78, 5) is 26.8. The van der Waals surface area contributed by atoms with Gasteiger partial charge in [0.2, 0.25) is 0 Å². The first-order chi connectivity index (χ1) is 15.4. The zero-order valence-electron chi connectivity index (χ0n) is 18.7. The molecular formula is C27H28BrNO3. The lowest BCUT2D eigenvalue weighted by Crippen LogP contribution is -2.36. The average Bonchev–Trinajstić information content (AvgIpc) is 2.77. The summed E-state index contributed by atoms with van der Waals surface area (Å²) < 4.78 is 6.50. The minimum Gasteiger partial charge on any atom is -0.462 e. The van der Waals surface area contributed by atoms with Gasteiger partial charge in [-0.05, 0) is 42.4 Å². The van der Waals surface area contributed by atoms with Gasteiger partial charge < -0.3 is 10.1 Å². The van der Waals surface area contributed by atoms with E-state index >= 15 is 0 Å². The highest BCUT2D eigenvalue weighted by Crippen LogP contribution is 2.47. The van der Waals surface area contributed by atoms with Crippen molar-refractivity contribution in [2.75, 3.05) is 6.61 Å². The predicted octanol–water partition coefficient (Wildman–Crippen LogP) is 6.01. The van der Waals surface area contributed by atoms with E-state index < -0.39 is 5.92 Å². The van der Waals surface area contributed by atoms with Crippen molar-refractivity contribution in [2.24, 2.45) is 5.92 Å². The Balaban J connectivity index is 1.78. The summed E-state index contributed by atoms with van der Waals surface area (Å²) in [5.74, 6) is -0.386. The Bertz CT molecular complexity index is 1100. The molecule has 2 aromatic rings. The molecule has 0 bridgehead atoms. The first-order valence-electron chi connectivity index (χ1n) is 11.1. The van der Waals surface area contributed by atoms with Crippen LogP contribution in [0.2, 0.25) is 0 Å². The number of esters is 1. The molecule has 2 aliphatic rings. The fourth-order valence-corrected chi connectivity index (χ4v) is 5.12. The van der Waals surface area contributed by atoms with Gasteiger partial charge in [0.05, 0.1) is 12.2 Å². The number of ketones is 1. The summed E-state index contributed by atoms with van der Waals surface area (Å²) >= 11 is 3.65. The molecular weight excluding hydrogens is 466 g/mol. The topological polar surface area (TPSA) is 55.4 Å². The van der Waals surface area contributed by atoms with Crippen LogP contribution in [0.5, 0.6) is 0 Å². The fraction of sp³-hybridized carbons (Fsp3) is 0.333. The third-order valence-corrected chi connectivity index (χ3v) is 6.80. The molecule has 0 fully saturated rings. The molecule has 1 N–H and O–H groups in total. The van der Waals surface area contributed by atoms with E-state index in [1.807, 2.05) is 63.2 Å². The van der Waals surface area contributed by atoms with Crippen LogP contribution in [0.15, 0.2) is 81.6 Å². The van der Waals surface area contributed by atoms with Crippen molar-refractivity contribution in [3.63, 3.8) is 0 Å². The molecule has 0 saturated heterocycles. The van der Waals surface area contributed by atoms with Crippen LogP contribution in [-0.4, -0.2) is 18.4 Å². The number of benzene rings is 2. The van der Waals surface area contributed by atoms with Crippen molar-refractivity contribution < 1.29 is 14.3 Å². The van der Waals surface area contributed by atoms with Crippen molar-refractivity contribution in [3.8, 4) is 0 Å². The van der Waals surface area contributed by atoms with E-state index in [1.54, 1.807) is 0 Å². The zero-order chi connectivity index (χ0) is 22.8. The number of Topliss-reactive ketones (excluding diaryl/α,β-unsaturated/α-hetero) is 1. The van der Waals surface area contributed by atoms with Gasteiger partial charge in [-0.1, -0.05) is 78.3 Å². The number of carbonyl (C=O) groups excluding carboxylic acids is 2. The van der Waals surface area contributed by atoms with Gasteiger partial charge in [-0.2, -0.15) is 0 Å². The predicted molar refractivity (Wildman–Crippen MR) is 129 cm³/mol. The number of dihydropyridines is 1. The molecule has 0 aromatic heterocycles. The molecule has 1 aliphatic heterocycles. The number of hydrogen-bond acceptors (Lipinski definition) is 4. The lowest BCUT2D eigenvalue weighted by atomic mass is 9.72. The number of rotatable bonds is 5. The second-order valence-electron chi connectivity index (χ2n) is 8.94. The summed E-state index contributed by atoms with van der Waals surface area (Å²) in [6, 6.07) is 18.0. The van der Waals surface area contributed by atoms with E-state index in [0.717, 1.165) is 33.4 Å². The zero-order valence-corrected chi connectivity index (χ0v) is 20.2. The normalized spacial score (nSPS) is 20.8. The van der Waals surface area contributed by atoms with E-state index in [-0.39, 0.29) is 23.6 Å². The number of carbonyl (C=O) groups is 2. The number of hydrogen-bond donors (Lipinski definition) is 1. The van der Waals surface area contributed by atoms with Crippen molar-refractivity contribution >= 4 is 27.7 Å². The molecule has 0 amide bonds. The third kappa shape index (κ3) is 4.44. The van der Waals surface area contributed by atoms with Crippen molar-refractivity contribution in [1.29, 1.82) is 0 Å². The smallest absolute Gasteiger partial charge is 0.336 e. The summed E-state index contributed by atoms with van der Waals surface area (Å²) in [6.45, 7) is 6.26. The Hall–Kier alpha value is -2.66.